The van der Waals surface area contributed by atoms with E-state index < -0.39 is 35.5 Å². The van der Waals surface area contributed by atoms with Gasteiger partial charge in [0.1, 0.15) is 6.04 Å². The van der Waals surface area contributed by atoms with E-state index in [9.17, 15) is 31.1 Å². The third-order valence-electron chi connectivity index (χ3n) is 2.65. The molecule has 1 unspecified atom stereocenters. The van der Waals surface area contributed by atoms with E-state index in [4.69, 9.17) is 0 Å². The number of benzene rings is 1. The summed E-state index contributed by atoms with van der Waals surface area (Å²) in [7, 11) is 0. The Hall–Kier alpha value is -1.93. The fourth-order valence-corrected chi connectivity index (χ4v) is 1.69. The summed E-state index contributed by atoms with van der Waals surface area (Å²) in [5.74, 6) is -0.726. The molecule has 0 spiro atoms. The van der Waals surface area contributed by atoms with Gasteiger partial charge in [-0.1, -0.05) is 0 Å². The average molecular weight is 329 g/mol. The van der Waals surface area contributed by atoms with Crippen molar-refractivity contribution in [2.75, 3.05) is 11.9 Å². The second-order valence-corrected chi connectivity index (χ2v) is 4.37. The first-order valence-electron chi connectivity index (χ1n) is 6.18. The number of halogens is 6. The van der Waals surface area contributed by atoms with E-state index >= 15 is 0 Å². The first-order chi connectivity index (χ1) is 9.96. The minimum Gasteiger partial charge on any atom is -0.464 e. The predicted molar refractivity (Wildman–Crippen MR) is 66.2 cm³/mol. The van der Waals surface area contributed by atoms with Gasteiger partial charge in [-0.05, 0) is 32.0 Å². The zero-order chi connectivity index (χ0) is 17.1. The molecule has 1 aromatic carbocycles. The van der Waals surface area contributed by atoms with Crippen LogP contribution in [0, 0.1) is 0 Å². The highest BCUT2D eigenvalue weighted by molar-refractivity contribution is 5.78. The summed E-state index contributed by atoms with van der Waals surface area (Å²) in [4.78, 5) is 11.4. The van der Waals surface area contributed by atoms with Crippen LogP contribution < -0.4 is 5.32 Å². The van der Waals surface area contributed by atoms with Gasteiger partial charge in [0.2, 0.25) is 0 Å². The van der Waals surface area contributed by atoms with Crippen molar-refractivity contribution in [1.82, 2.24) is 0 Å². The van der Waals surface area contributed by atoms with Crippen LogP contribution in [0.2, 0.25) is 0 Å². The van der Waals surface area contributed by atoms with Gasteiger partial charge in [-0.15, -0.1) is 0 Å². The van der Waals surface area contributed by atoms with Crippen LogP contribution in [-0.2, 0) is 21.9 Å². The third kappa shape index (κ3) is 4.54. The Kier molecular flexibility index (Phi) is 5.31. The van der Waals surface area contributed by atoms with E-state index in [1.54, 1.807) is 6.92 Å². The van der Waals surface area contributed by atoms with Gasteiger partial charge in [0, 0.05) is 5.69 Å². The monoisotopic (exact) mass is 329 g/mol. The number of hydrogen-bond donors (Lipinski definition) is 1. The number of rotatable bonds is 4. The molecule has 0 bridgehead atoms. The van der Waals surface area contributed by atoms with Crippen LogP contribution in [0.25, 0.3) is 0 Å². The maximum atomic E-state index is 12.8. The first kappa shape index (κ1) is 18.1. The Bertz CT molecular complexity index is 538. The van der Waals surface area contributed by atoms with Crippen LogP contribution in [0.15, 0.2) is 18.2 Å². The SMILES string of the molecule is CCOC(=O)C(C)Nc1ccc(C(F)(F)F)c(C(F)(F)F)c1. The highest BCUT2D eigenvalue weighted by atomic mass is 19.4. The number of alkyl halides is 6. The van der Waals surface area contributed by atoms with Crippen LogP contribution in [0.1, 0.15) is 25.0 Å². The maximum Gasteiger partial charge on any atom is 0.417 e. The molecule has 0 aliphatic carbocycles. The molecule has 0 heterocycles. The van der Waals surface area contributed by atoms with Crippen LogP contribution in [-0.4, -0.2) is 18.6 Å². The summed E-state index contributed by atoms with van der Waals surface area (Å²) in [6.45, 7) is 2.94. The summed E-state index contributed by atoms with van der Waals surface area (Å²) in [6, 6.07) is 0.466. The van der Waals surface area contributed by atoms with E-state index in [0.717, 1.165) is 6.07 Å². The molecule has 0 aliphatic rings. The quantitative estimate of drug-likeness (QED) is 0.668. The number of nitrogens with one attached hydrogen (secondary N) is 1. The highest BCUT2D eigenvalue weighted by Crippen LogP contribution is 2.41. The zero-order valence-electron chi connectivity index (χ0n) is 11.6. The zero-order valence-corrected chi connectivity index (χ0v) is 11.6. The molecular weight excluding hydrogens is 316 g/mol. The molecule has 0 saturated carbocycles. The van der Waals surface area contributed by atoms with Crippen molar-refractivity contribution < 1.29 is 35.9 Å². The van der Waals surface area contributed by atoms with Gasteiger partial charge in [-0.25, -0.2) is 4.79 Å². The molecule has 0 fully saturated rings. The van der Waals surface area contributed by atoms with E-state index in [1.807, 2.05) is 0 Å². The fourth-order valence-electron chi connectivity index (χ4n) is 1.69. The second kappa shape index (κ2) is 6.45. The molecule has 3 nitrogen and oxygen atoms in total. The van der Waals surface area contributed by atoms with E-state index in [0.29, 0.717) is 12.1 Å². The van der Waals surface area contributed by atoms with Crippen LogP contribution >= 0.6 is 0 Å². The summed E-state index contributed by atoms with van der Waals surface area (Å²) in [6.07, 6.45) is -10.3. The third-order valence-corrected chi connectivity index (χ3v) is 2.65. The molecule has 0 aliphatic heterocycles. The standard InChI is InChI=1S/C13H13F6NO2/c1-3-22-11(21)7(2)20-8-4-5-9(12(14,15)16)10(6-8)13(17,18)19/h4-7,20H,3H2,1-2H3. The van der Waals surface area contributed by atoms with E-state index in [-0.39, 0.29) is 12.3 Å². The molecule has 1 atom stereocenters. The minimum absolute atomic E-state index is 0.0751. The molecular formula is C13H13F6NO2. The van der Waals surface area contributed by atoms with E-state index in [2.05, 4.69) is 10.1 Å². The van der Waals surface area contributed by atoms with Crippen LogP contribution in [0.5, 0.6) is 0 Å². The molecule has 124 valence electrons. The summed E-state index contributed by atoms with van der Waals surface area (Å²) in [5, 5.41) is 2.38. The number of anilines is 1. The fraction of sp³-hybridized carbons (Fsp3) is 0.462. The normalized spacial score (nSPS) is 13.6. The van der Waals surface area contributed by atoms with Crippen LogP contribution in [0.4, 0.5) is 32.0 Å². The van der Waals surface area contributed by atoms with Crippen molar-refractivity contribution in [3.05, 3.63) is 29.3 Å². The van der Waals surface area contributed by atoms with Gasteiger partial charge >= 0.3 is 18.3 Å². The second-order valence-electron chi connectivity index (χ2n) is 4.37. The molecule has 0 saturated heterocycles. The Balaban J connectivity index is 3.13. The Morgan fingerprint density at radius 2 is 1.68 bits per heavy atom. The first-order valence-corrected chi connectivity index (χ1v) is 6.18. The van der Waals surface area contributed by atoms with Crippen molar-refractivity contribution in [3.63, 3.8) is 0 Å². The van der Waals surface area contributed by atoms with Gasteiger partial charge in [-0.2, -0.15) is 26.3 Å². The lowest BCUT2D eigenvalue weighted by Crippen LogP contribution is -2.28. The molecule has 0 aromatic heterocycles. The number of esters is 1. The summed E-state index contributed by atoms with van der Waals surface area (Å²) in [5.41, 5.74) is -3.86. The Morgan fingerprint density at radius 3 is 2.14 bits per heavy atom. The Labute approximate surface area is 122 Å². The molecule has 22 heavy (non-hydrogen) atoms. The average Bonchev–Trinajstić information content (AvgIpc) is 2.36. The van der Waals surface area contributed by atoms with Gasteiger partial charge < -0.3 is 10.1 Å². The van der Waals surface area contributed by atoms with Crippen molar-refractivity contribution in [3.8, 4) is 0 Å². The van der Waals surface area contributed by atoms with Gasteiger partial charge in [0.25, 0.3) is 0 Å². The molecule has 1 aromatic rings. The lowest BCUT2D eigenvalue weighted by atomic mass is 10.1. The summed E-state index contributed by atoms with van der Waals surface area (Å²) < 4.78 is 80.7. The smallest absolute Gasteiger partial charge is 0.417 e. The van der Waals surface area contributed by atoms with Gasteiger partial charge in [-0.3, -0.25) is 0 Å². The molecule has 0 radical (unpaired) electrons. The Morgan fingerprint density at radius 1 is 1.14 bits per heavy atom. The van der Waals surface area contributed by atoms with E-state index in [1.165, 1.54) is 6.92 Å². The van der Waals surface area contributed by atoms with Crippen molar-refractivity contribution in [2.45, 2.75) is 32.2 Å². The highest BCUT2D eigenvalue weighted by Gasteiger charge is 2.43. The number of ether oxygens (including phenoxy) is 1. The number of hydrogen-bond acceptors (Lipinski definition) is 3. The number of carbonyl (C=O) groups is 1. The molecule has 1 rings (SSSR count). The lowest BCUT2D eigenvalue weighted by Gasteiger charge is -2.19. The minimum atomic E-state index is -5.17. The summed E-state index contributed by atoms with van der Waals surface area (Å²) >= 11 is 0. The largest absolute Gasteiger partial charge is 0.464 e. The van der Waals surface area contributed by atoms with Gasteiger partial charge in [0.05, 0.1) is 17.7 Å². The van der Waals surface area contributed by atoms with Gasteiger partial charge in [0.15, 0.2) is 0 Å². The maximum absolute atomic E-state index is 12.8. The van der Waals surface area contributed by atoms with Crippen molar-refractivity contribution >= 4 is 11.7 Å². The molecule has 0 amide bonds. The lowest BCUT2D eigenvalue weighted by molar-refractivity contribution is -0.162. The van der Waals surface area contributed by atoms with Crippen molar-refractivity contribution in [2.24, 2.45) is 0 Å². The number of carbonyl (C=O) groups excluding carboxylic acids is 1. The van der Waals surface area contributed by atoms with Crippen LogP contribution in [0.3, 0.4) is 0 Å². The molecule has 1 N–H and O–H groups in total. The predicted octanol–water partition coefficient (Wildman–Crippen LogP) is 4.09. The topological polar surface area (TPSA) is 38.3 Å². The van der Waals surface area contributed by atoms with Crippen molar-refractivity contribution in [1.29, 1.82) is 0 Å². The molecule has 9 heteroatoms.